The van der Waals surface area contributed by atoms with E-state index in [2.05, 4.69) is 16.5 Å². The lowest BCUT2D eigenvalue weighted by Crippen LogP contribution is -2.49. The zero-order valence-corrected chi connectivity index (χ0v) is 15.9. The lowest BCUT2D eigenvalue weighted by atomic mass is 10.2. The number of hydrogen-bond donors (Lipinski definition) is 3. The van der Waals surface area contributed by atoms with Crippen LogP contribution in [0.4, 0.5) is 0 Å². The van der Waals surface area contributed by atoms with Crippen molar-refractivity contribution in [1.29, 1.82) is 0 Å². The SMILES string of the molecule is Cc1ccc(CNCc2cccc(OCCCN3C(N)=NN(C)C3N)c2)o1. The van der Waals surface area contributed by atoms with E-state index in [0.717, 1.165) is 35.8 Å². The minimum atomic E-state index is -0.308. The normalized spacial score (nSPS) is 16.7. The van der Waals surface area contributed by atoms with Crippen molar-refractivity contribution >= 4 is 5.96 Å². The molecule has 0 fully saturated rings. The van der Waals surface area contributed by atoms with Crippen LogP contribution in [-0.2, 0) is 13.1 Å². The van der Waals surface area contributed by atoms with Crippen molar-refractivity contribution in [2.45, 2.75) is 32.7 Å². The van der Waals surface area contributed by atoms with Gasteiger partial charge in [0.05, 0.1) is 13.2 Å². The van der Waals surface area contributed by atoms with Gasteiger partial charge in [-0.15, -0.1) is 5.10 Å². The molecule has 1 aromatic heterocycles. The smallest absolute Gasteiger partial charge is 0.216 e. The fraction of sp³-hybridized carbons (Fsp3) is 0.421. The first-order valence-corrected chi connectivity index (χ1v) is 9.10. The van der Waals surface area contributed by atoms with Crippen molar-refractivity contribution in [2.75, 3.05) is 20.2 Å². The third-order valence-electron chi connectivity index (χ3n) is 4.39. The Hall–Kier alpha value is -2.71. The summed E-state index contributed by atoms with van der Waals surface area (Å²) in [6, 6.07) is 12.0. The molecular weight excluding hydrogens is 344 g/mol. The highest BCUT2D eigenvalue weighted by Crippen LogP contribution is 2.15. The molecule has 3 rings (SSSR count). The third kappa shape index (κ3) is 5.15. The molecule has 5 N–H and O–H groups in total. The highest BCUT2D eigenvalue weighted by atomic mass is 16.5. The Bertz CT molecular complexity index is 775. The van der Waals surface area contributed by atoms with Crippen molar-refractivity contribution in [3.63, 3.8) is 0 Å². The maximum atomic E-state index is 6.02. The van der Waals surface area contributed by atoms with E-state index in [9.17, 15) is 0 Å². The Morgan fingerprint density at radius 1 is 1.26 bits per heavy atom. The number of rotatable bonds is 9. The molecule has 2 heterocycles. The van der Waals surface area contributed by atoms with Crippen LogP contribution in [0.2, 0.25) is 0 Å². The Morgan fingerprint density at radius 3 is 2.81 bits per heavy atom. The summed E-state index contributed by atoms with van der Waals surface area (Å²) in [6.45, 7) is 4.68. The van der Waals surface area contributed by atoms with E-state index in [1.54, 1.807) is 12.1 Å². The molecule has 1 atom stereocenters. The van der Waals surface area contributed by atoms with Crippen molar-refractivity contribution in [2.24, 2.45) is 16.6 Å². The second-order valence-electron chi connectivity index (χ2n) is 6.60. The van der Waals surface area contributed by atoms with Gasteiger partial charge in [-0.1, -0.05) is 12.1 Å². The van der Waals surface area contributed by atoms with Crippen molar-refractivity contribution in [3.8, 4) is 5.75 Å². The van der Waals surface area contributed by atoms with Gasteiger partial charge < -0.3 is 25.1 Å². The van der Waals surface area contributed by atoms with Gasteiger partial charge in [-0.3, -0.25) is 10.7 Å². The number of hydrogen-bond acceptors (Lipinski definition) is 8. The number of ether oxygens (including phenoxy) is 1. The fourth-order valence-electron chi connectivity index (χ4n) is 2.94. The summed E-state index contributed by atoms with van der Waals surface area (Å²) >= 11 is 0. The number of nitrogens with two attached hydrogens (primary N) is 2. The van der Waals surface area contributed by atoms with Crippen LogP contribution in [-0.4, -0.2) is 42.4 Å². The number of nitrogens with one attached hydrogen (secondary N) is 1. The zero-order valence-electron chi connectivity index (χ0n) is 15.9. The molecule has 0 aliphatic carbocycles. The predicted molar refractivity (Wildman–Crippen MR) is 105 cm³/mol. The van der Waals surface area contributed by atoms with Gasteiger partial charge in [0, 0.05) is 20.1 Å². The number of benzene rings is 1. The van der Waals surface area contributed by atoms with Crippen LogP contribution in [0.15, 0.2) is 45.9 Å². The number of hydrazone groups is 1. The first-order valence-electron chi connectivity index (χ1n) is 9.10. The highest BCUT2D eigenvalue weighted by Gasteiger charge is 2.26. The number of aryl methyl sites for hydroxylation is 1. The third-order valence-corrected chi connectivity index (χ3v) is 4.39. The van der Waals surface area contributed by atoms with Crippen LogP contribution in [0, 0.1) is 6.92 Å². The Morgan fingerprint density at radius 2 is 2.11 bits per heavy atom. The van der Waals surface area contributed by atoms with Crippen molar-refractivity contribution in [1.82, 2.24) is 15.2 Å². The average Bonchev–Trinajstić information content (AvgIpc) is 3.16. The van der Waals surface area contributed by atoms with Crippen LogP contribution in [0.25, 0.3) is 0 Å². The summed E-state index contributed by atoms with van der Waals surface area (Å²) in [5.74, 6) is 3.17. The first kappa shape index (κ1) is 19.1. The summed E-state index contributed by atoms with van der Waals surface area (Å²) in [4.78, 5) is 1.86. The number of furan rings is 1. The quantitative estimate of drug-likeness (QED) is 0.571. The molecule has 0 saturated heterocycles. The summed E-state index contributed by atoms with van der Waals surface area (Å²) in [7, 11) is 1.81. The largest absolute Gasteiger partial charge is 0.494 e. The second-order valence-corrected chi connectivity index (χ2v) is 6.60. The molecule has 1 aromatic carbocycles. The van der Waals surface area contributed by atoms with Crippen LogP contribution in [0.5, 0.6) is 5.75 Å². The number of nitrogens with zero attached hydrogens (tertiary/aromatic N) is 3. The van der Waals surface area contributed by atoms with Gasteiger partial charge >= 0.3 is 0 Å². The minimum Gasteiger partial charge on any atom is -0.494 e. The van der Waals surface area contributed by atoms with E-state index in [1.165, 1.54) is 0 Å². The molecule has 8 nitrogen and oxygen atoms in total. The van der Waals surface area contributed by atoms with Gasteiger partial charge in [0.15, 0.2) is 6.29 Å². The number of guanidine groups is 1. The Labute approximate surface area is 159 Å². The molecule has 0 spiro atoms. The van der Waals surface area contributed by atoms with Crippen LogP contribution in [0.3, 0.4) is 0 Å². The van der Waals surface area contributed by atoms with Crippen LogP contribution in [0.1, 0.15) is 23.5 Å². The zero-order chi connectivity index (χ0) is 19.2. The molecule has 2 aromatic rings. The molecule has 0 radical (unpaired) electrons. The molecule has 1 aliphatic rings. The van der Waals surface area contributed by atoms with Gasteiger partial charge in [-0.2, -0.15) is 0 Å². The molecule has 0 saturated carbocycles. The topological polar surface area (TPSA) is 105 Å². The van der Waals surface area contributed by atoms with E-state index in [4.69, 9.17) is 20.6 Å². The van der Waals surface area contributed by atoms with Crippen LogP contribution < -0.4 is 21.5 Å². The Kier molecular flexibility index (Phi) is 6.20. The fourth-order valence-corrected chi connectivity index (χ4v) is 2.94. The van der Waals surface area contributed by atoms with E-state index in [1.807, 2.05) is 42.2 Å². The van der Waals surface area contributed by atoms with E-state index in [-0.39, 0.29) is 6.29 Å². The predicted octanol–water partition coefficient (Wildman–Crippen LogP) is 1.37. The highest BCUT2D eigenvalue weighted by molar-refractivity contribution is 5.79. The molecule has 0 amide bonds. The molecule has 27 heavy (non-hydrogen) atoms. The summed E-state index contributed by atoms with van der Waals surface area (Å²) < 4.78 is 11.4. The summed E-state index contributed by atoms with van der Waals surface area (Å²) in [5.41, 5.74) is 13.0. The molecule has 1 unspecified atom stereocenters. The monoisotopic (exact) mass is 372 g/mol. The van der Waals surface area contributed by atoms with Gasteiger partial charge in [0.2, 0.25) is 5.96 Å². The molecule has 1 aliphatic heterocycles. The molecule has 0 bridgehead atoms. The lowest BCUT2D eigenvalue weighted by Gasteiger charge is -2.25. The Balaban J connectivity index is 1.39. The van der Waals surface area contributed by atoms with Gasteiger partial charge in [0.1, 0.15) is 17.3 Å². The van der Waals surface area contributed by atoms with Crippen molar-refractivity contribution in [3.05, 3.63) is 53.5 Å². The summed E-state index contributed by atoms with van der Waals surface area (Å²) in [6.07, 6.45) is 0.496. The van der Waals surface area contributed by atoms with E-state index >= 15 is 0 Å². The first-order chi connectivity index (χ1) is 13.0. The van der Waals surface area contributed by atoms with Gasteiger partial charge in [-0.25, -0.2) is 0 Å². The van der Waals surface area contributed by atoms with Crippen molar-refractivity contribution < 1.29 is 9.15 Å². The second kappa shape index (κ2) is 8.79. The molecular formula is C19H28N6O2. The summed E-state index contributed by atoms with van der Waals surface area (Å²) in [5, 5.41) is 9.15. The molecule has 8 heteroatoms. The van der Waals surface area contributed by atoms with E-state index in [0.29, 0.717) is 25.7 Å². The van der Waals surface area contributed by atoms with E-state index < -0.39 is 0 Å². The minimum absolute atomic E-state index is 0.308. The lowest BCUT2D eigenvalue weighted by molar-refractivity contribution is 0.157. The maximum Gasteiger partial charge on any atom is 0.216 e. The molecule has 146 valence electrons. The van der Waals surface area contributed by atoms with Gasteiger partial charge in [-0.05, 0) is 43.2 Å². The standard InChI is InChI=1S/C19H28N6O2/c1-14-7-8-17(27-14)13-22-12-15-5-3-6-16(11-15)26-10-4-9-25-18(20)23-24(2)19(25)21/h3,5-8,11,19,22H,4,9-10,12-13,21H2,1-2H3,(H2,20,23). The maximum absolute atomic E-state index is 6.02. The average molecular weight is 372 g/mol. The van der Waals surface area contributed by atoms with Gasteiger partial charge in [0.25, 0.3) is 0 Å². The van der Waals surface area contributed by atoms with Crippen LogP contribution >= 0.6 is 0 Å².